The molecule has 23 nitrogen and oxygen atoms in total. The Morgan fingerprint density at radius 1 is 0.370 bits per heavy atom. The van der Waals surface area contributed by atoms with Crippen molar-refractivity contribution in [1.82, 2.24) is 45.3 Å². The first kappa shape index (κ1) is 83.3. The molecule has 6 aliphatic heterocycles. The third kappa shape index (κ3) is 20.6. The summed E-state index contributed by atoms with van der Waals surface area (Å²) in [6.45, 7) is 39.3. The topological polar surface area (TPSA) is 234 Å². The molecule has 10 aromatic rings. The van der Waals surface area contributed by atoms with Crippen LogP contribution >= 0.6 is 0 Å². The molecule has 614 valence electrons. The molecule has 10 heterocycles. The standard InChI is InChI=1S/C26H27N3O3.C25H25N3O2.C23H28N4O2.C22H25N3O3/c1-17(2)32-22-12-10-21(11-13-22)29-18(3)8-9-20-15-24(28-25(20)29)26(30)27-16-19-6-5-7-23(14-19)31-4;1-17(2)30-22-13-11-21(12-14-22)28-18(3)9-10-20-15-23(27-24(20)28)25(29)26-16-19-7-5-4-6-8-19;1-16(2)29-20-9-7-19(8-10-20)27-17(3)5-6-18-15-21(24-22(18)27)23(28)26-13-11-25(4)12-14-26;1-15(2)28-19-8-6-18(7-9-19)25-16(3)4-5-17-14-20(23-21(17)25)22(26)24-10-12-27-13-11-24/h5-15,17,28H,3,16H2,1-2,4H3,(H,27,30);4-15,17,27H,3,16H2,1-2H3,(H,26,29);5-10,15-16,24H,3,11-14H2,1-2,4H3;4-9,14-15,23H,3,10-13H2,1-2H3. The minimum Gasteiger partial charge on any atom is -0.497 e. The van der Waals surface area contributed by atoms with Crippen molar-refractivity contribution in [2.45, 2.75) is 92.9 Å². The van der Waals surface area contributed by atoms with Gasteiger partial charge in [0.2, 0.25) is 0 Å². The van der Waals surface area contributed by atoms with E-state index in [9.17, 15) is 19.2 Å². The number of likely N-dealkylation sites (N-methyl/N-ethyl adjacent to an activating group) is 1. The van der Waals surface area contributed by atoms with Gasteiger partial charge in [-0.15, -0.1) is 0 Å². The van der Waals surface area contributed by atoms with Gasteiger partial charge in [0.05, 0.1) is 44.7 Å². The van der Waals surface area contributed by atoms with Crippen molar-refractivity contribution in [2.24, 2.45) is 0 Å². The van der Waals surface area contributed by atoms with Crippen molar-refractivity contribution in [3.8, 4) is 28.7 Å². The lowest BCUT2D eigenvalue weighted by Gasteiger charge is -2.32. The number of allylic oxidation sites excluding steroid dienone is 4. The number of hydrogen-bond acceptors (Lipinski definition) is 15. The van der Waals surface area contributed by atoms with Crippen LogP contribution in [0.4, 0.5) is 46.0 Å². The van der Waals surface area contributed by atoms with E-state index in [-0.39, 0.29) is 48.0 Å². The Hall–Kier alpha value is -13.6. The lowest BCUT2D eigenvalue weighted by atomic mass is 10.1. The van der Waals surface area contributed by atoms with Gasteiger partial charge in [0.1, 0.15) is 74.8 Å². The lowest BCUT2D eigenvalue weighted by molar-refractivity contribution is 0.0299. The normalized spacial score (nSPS) is 14.6. The maximum Gasteiger partial charge on any atom is 0.270 e. The van der Waals surface area contributed by atoms with Crippen molar-refractivity contribution < 1.29 is 47.6 Å². The Balaban J connectivity index is 0.000000137. The number of morpholine rings is 1. The van der Waals surface area contributed by atoms with Gasteiger partial charge in [-0.3, -0.25) is 38.8 Å². The number of aromatic amines is 4. The van der Waals surface area contributed by atoms with Crippen LogP contribution < -0.4 is 53.9 Å². The van der Waals surface area contributed by atoms with E-state index < -0.39 is 0 Å². The lowest BCUT2D eigenvalue weighted by Crippen LogP contribution is -2.47. The largest absolute Gasteiger partial charge is 0.497 e. The number of H-pyrrole nitrogens is 4. The molecular formula is C96H105N13O10. The maximum absolute atomic E-state index is 13.0. The van der Waals surface area contributed by atoms with Gasteiger partial charge in [0.25, 0.3) is 23.6 Å². The highest BCUT2D eigenvalue weighted by Gasteiger charge is 2.31. The fourth-order valence-electron chi connectivity index (χ4n) is 14.2. The summed E-state index contributed by atoms with van der Waals surface area (Å²) in [6.07, 6.45) is 16.2. The van der Waals surface area contributed by atoms with Crippen molar-refractivity contribution in [3.05, 3.63) is 305 Å². The molecule has 119 heavy (non-hydrogen) atoms. The van der Waals surface area contributed by atoms with Crippen LogP contribution in [0.2, 0.25) is 0 Å². The number of fused-ring (bicyclic) bond motifs is 4. The van der Waals surface area contributed by atoms with Crippen LogP contribution in [0.1, 0.15) is 131 Å². The van der Waals surface area contributed by atoms with Crippen molar-refractivity contribution in [2.75, 3.05) is 86.2 Å². The number of ether oxygens (including phenoxy) is 6. The molecule has 0 radical (unpaired) electrons. The van der Waals surface area contributed by atoms with Crippen LogP contribution in [0.3, 0.4) is 0 Å². The fraction of sp³-hybridized carbons (Fsp3) is 0.250. The Kier molecular flexibility index (Phi) is 26.6. The van der Waals surface area contributed by atoms with Crippen LogP contribution in [0.15, 0.2) is 249 Å². The minimum atomic E-state index is -0.179. The number of methoxy groups -OCH3 is 1. The molecule has 0 spiro atoms. The number of anilines is 8. The zero-order valence-electron chi connectivity index (χ0n) is 69.3. The molecule has 4 amide bonds. The van der Waals surface area contributed by atoms with E-state index in [0.29, 0.717) is 62.2 Å². The van der Waals surface area contributed by atoms with E-state index in [4.69, 9.17) is 28.4 Å². The van der Waals surface area contributed by atoms with Crippen molar-refractivity contribution in [1.29, 1.82) is 0 Å². The van der Waals surface area contributed by atoms with Crippen LogP contribution in [-0.4, -0.2) is 149 Å². The van der Waals surface area contributed by atoms with E-state index in [1.807, 2.05) is 309 Å². The van der Waals surface area contributed by atoms with Gasteiger partial charge < -0.3 is 73.7 Å². The van der Waals surface area contributed by atoms with Crippen LogP contribution in [-0.2, 0) is 17.8 Å². The van der Waals surface area contributed by atoms with E-state index in [0.717, 1.165) is 157 Å². The van der Waals surface area contributed by atoms with Gasteiger partial charge in [0.15, 0.2) is 0 Å². The van der Waals surface area contributed by atoms with Gasteiger partial charge in [0, 0.05) is 120 Å². The number of benzene rings is 6. The number of rotatable bonds is 21. The summed E-state index contributed by atoms with van der Waals surface area (Å²) >= 11 is 0. The van der Waals surface area contributed by atoms with E-state index in [2.05, 4.69) is 68.8 Å². The zero-order valence-corrected chi connectivity index (χ0v) is 69.3. The summed E-state index contributed by atoms with van der Waals surface area (Å²) in [5.41, 5.74) is 15.1. The molecule has 0 unspecified atom stereocenters. The quantitative estimate of drug-likeness (QED) is 0.0393. The van der Waals surface area contributed by atoms with Crippen molar-refractivity contribution >= 4 is 94.0 Å². The summed E-state index contributed by atoms with van der Waals surface area (Å²) in [5.74, 6) is 7.12. The number of aromatic nitrogens is 4. The Bertz CT molecular complexity index is 5420. The number of hydrogen-bond donors (Lipinski definition) is 6. The number of nitrogens with one attached hydrogen (secondary N) is 6. The molecule has 2 fully saturated rings. The second-order valence-electron chi connectivity index (χ2n) is 30.4. The minimum absolute atomic E-state index is 0.00246. The van der Waals surface area contributed by atoms with E-state index in [1.54, 1.807) is 7.11 Å². The third-order valence-corrected chi connectivity index (χ3v) is 20.0. The summed E-state index contributed by atoms with van der Waals surface area (Å²) < 4.78 is 33.5. The van der Waals surface area contributed by atoms with E-state index >= 15 is 0 Å². The summed E-state index contributed by atoms with van der Waals surface area (Å²) in [5, 5.41) is 5.92. The second kappa shape index (κ2) is 38.0. The first-order valence-electron chi connectivity index (χ1n) is 40.2. The highest BCUT2D eigenvalue weighted by molar-refractivity contribution is 5.99. The number of carbonyl (C=O) groups excluding carboxylic acids is 4. The Morgan fingerprint density at radius 2 is 0.681 bits per heavy atom. The predicted molar refractivity (Wildman–Crippen MR) is 475 cm³/mol. The number of nitrogens with zero attached hydrogens (tertiary/aromatic N) is 7. The predicted octanol–water partition coefficient (Wildman–Crippen LogP) is 18.7. The molecule has 0 aliphatic carbocycles. The number of carbonyl (C=O) groups is 4. The van der Waals surface area contributed by atoms with Crippen LogP contribution in [0, 0.1) is 0 Å². The second-order valence-corrected chi connectivity index (χ2v) is 30.4. The molecule has 6 N–H and O–H groups in total. The van der Waals surface area contributed by atoms with E-state index in [1.165, 1.54) is 0 Å². The molecule has 6 aromatic carbocycles. The van der Waals surface area contributed by atoms with Gasteiger partial charge in [-0.2, -0.15) is 0 Å². The highest BCUT2D eigenvalue weighted by Crippen LogP contribution is 2.43. The summed E-state index contributed by atoms with van der Waals surface area (Å²) in [6, 6.07) is 56.5. The van der Waals surface area contributed by atoms with Crippen LogP contribution in [0.5, 0.6) is 28.7 Å². The maximum atomic E-state index is 13.0. The van der Waals surface area contributed by atoms with Crippen molar-refractivity contribution in [3.63, 3.8) is 0 Å². The Labute approximate surface area is 696 Å². The molecule has 0 bridgehead atoms. The smallest absolute Gasteiger partial charge is 0.270 e. The molecule has 16 rings (SSSR count). The highest BCUT2D eigenvalue weighted by atomic mass is 16.5. The average Bonchev–Trinajstić information content (AvgIpc) is 1.67. The number of piperazine rings is 1. The van der Waals surface area contributed by atoms with Gasteiger partial charge in [-0.1, -0.05) is 68.8 Å². The van der Waals surface area contributed by atoms with Gasteiger partial charge in [-0.25, -0.2) is 0 Å². The SMILES string of the molecule is C=C1C=Cc2cc(C(=O)N3CCN(C)CC3)[nH]c2N1c1ccc(OC(C)C)cc1.C=C1C=Cc2cc(C(=O)N3CCOCC3)[nH]c2N1c1ccc(OC(C)C)cc1.C=C1C=Cc2cc(C(=O)NCc3cccc(OC)c3)[nH]c2N1c1ccc(OC(C)C)cc1.C=C1C=Cc2cc(C(=O)NCc3ccccc3)[nH]c2N1c1ccc(OC(C)C)cc1. The number of amides is 4. The zero-order chi connectivity index (χ0) is 84.0. The van der Waals surface area contributed by atoms with Crippen LogP contribution in [0.25, 0.3) is 24.3 Å². The summed E-state index contributed by atoms with van der Waals surface area (Å²) in [7, 11) is 3.71. The average molecular weight is 1600 g/mol. The Morgan fingerprint density at radius 3 is 1.02 bits per heavy atom. The third-order valence-electron chi connectivity index (χ3n) is 20.0. The molecular weight excluding hydrogens is 1500 g/mol. The molecule has 2 saturated heterocycles. The fourth-order valence-corrected chi connectivity index (χ4v) is 14.2. The first-order valence-corrected chi connectivity index (χ1v) is 40.2. The molecule has 0 atom stereocenters. The molecule has 0 saturated carbocycles. The molecule has 23 heteroatoms. The molecule has 4 aromatic heterocycles. The van der Waals surface area contributed by atoms with Gasteiger partial charge in [-0.05, 0) is 256 Å². The summed E-state index contributed by atoms with van der Waals surface area (Å²) in [4.78, 5) is 78.5. The first-order chi connectivity index (χ1) is 57.4. The molecule has 6 aliphatic rings. The van der Waals surface area contributed by atoms with Gasteiger partial charge >= 0.3 is 0 Å². The monoisotopic (exact) mass is 1600 g/mol.